The predicted octanol–water partition coefficient (Wildman–Crippen LogP) is 3.97. The van der Waals surface area contributed by atoms with Crippen molar-refractivity contribution in [2.24, 2.45) is 0 Å². The third-order valence-corrected chi connectivity index (χ3v) is 5.64. The number of hydrogen-bond acceptors (Lipinski definition) is 7. The molecule has 0 fully saturated rings. The van der Waals surface area contributed by atoms with Gasteiger partial charge in [-0.1, -0.05) is 0 Å². The number of aromatic nitrogens is 5. The molecule has 152 valence electrons. The molecular formula is C21H20N6O2S. The fourth-order valence-electron chi connectivity index (χ4n) is 3.18. The van der Waals surface area contributed by atoms with Crippen molar-refractivity contribution < 1.29 is 9.53 Å². The van der Waals surface area contributed by atoms with Crippen LogP contribution in [0.25, 0.3) is 16.9 Å². The van der Waals surface area contributed by atoms with Crippen LogP contribution >= 0.6 is 11.3 Å². The maximum atomic E-state index is 12.7. The number of benzene rings is 2. The third-order valence-electron chi connectivity index (χ3n) is 4.76. The maximum absolute atomic E-state index is 12.7. The Morgan fingerprint density at radius 2 is 1.87 bits per heavy atom. The number of ether oxygens (including phenoxy) is 1. The van der Waals surface area contributed by atoms with Crippen molar-refractivity contribution >= 4 is 22.4 Å². The molecule has 4 rings (SSSR count). The van der Waals surface area contributed by atoms with E-state index in [-0.39, 0.29) is 5.91 Å². The van der Waals surface area contributed by atoms with Gasteiger partial charge in [-0.2, -0.15) is 0 Å². The van der Waals surface area contributed by atoms with E-state index in [0.717, 1.165) is 38.7 Å². The number of aryl methyl sites for hydroxylation is 3. The number of rotatable bonds is 5. The van der Waals surface area contributed by atoms with Gasteiger partial charge in [0, 0.05) is 16.0 Å². The summed E-state index contributed by atoms with van der Waals surface area (Å²) >= 11 is 1.45. The highest BCUT2D eigenvalue weighted by Crippen LogP contribution is 2.35. The number of nitrogens with zero attached hydrogens (tertiary/aromatic N) is 5. The van der Waals surface area contributed by atoms with Gasteiger partial charge in [-0.15, -0.1) is 16.4 Å². The van der Waals surface area contributed by atoms with Crippen LogP contribution in [0.1, 0.15) is 26.4 Å². The molecule has 8 nitrogen and oxygen atoms in total. The van der Waals surface area contributed by atoms with Crippen molar-refractivity contribution in [2.75, 3.05) is 12.4 Å². The lowest BCUT2D eigenvalue weighted by molar-refractivity contribution is 0.102. The average molecular weight is 420 g/mol. The second kappa shape index (κ2) is 8.03. The zero-order chi connectivity index (χ0) is 21.3. The van der Waals surface area contributed by atoms with Crippen molar-refractivity contribution in [3.63, 3.8) is 0 Å². The number of anilines is 1. The number of amides is 1. The molecule has 0 unspecified atom stereocenters. The minimum Gasteiger partial charge on any atom is -0.496 e. The van der Waals surface area contributed by atoms with Crippen LogP contribution in [-0.2, 0) is 0 Å². The molecule has 1 N–H and O–H groups in total. The van der Waals surface area contributed by atoms with E-state index in [4.69, 9.17) is 4.74 Å². The molecule has 0 radical (unpaired) electrons. The smallest absolute Gasteiger partial charge is 0.257 e. The topological polar surface area (TPSA) is 94.8 Å². The lowest BCUT2D eigenvalue weighted by Crippen LogP contribution is -2.11. The van der Waals surface area contributed by atoms with E-state index in [1.807, 2.05) is 26.8 Å². The quantitative estimate of drug-likeness (QED) is 0.525. The molecule has 0 spiro atoms. The highest BCUT2D eigenvalue weighted by atomic mass is 32.1. The van der Waals surface area contributed by atoms with Crippen molar-refractivity contribution in [1.82, 2.24) is 25.2 Å². The summed E-state index contributed by atoms with van der Waals surface area (Å²) in [6.45, 7) is 6.04. The van der Waals surface area contributed by atoms with Gasteiger partial charge in [0.25, 0.3) is 5.91 Å². The molecule has 4 aromatic rings. The molecule has 30 heavy (non-hydrogen) atoms. The Morgan fingerprint density at radius 3 is 2.53 bits per heavy atom. The summed E-state index contributed by atoms with van der Waals surface area (Å²) in [6, 6.07) is 11.1. The van der Waals surface area contributed by atoms with Gasteiger partial charge in [-0.3, -0.25) is 10.1 Å². The third kappa shape index (κ3) is 3.79. The molecule has 0 aliphatic heterocycles. The van der Waals surface area contributed by atoms with E-state index in [1.165, 1.54) is 22.3 Å². The Kier molecular flexibility index (Phi) is 5.28. The summed E-state index contributed by atoms with van der Waals surface area (Å²) in [5.41, 5.74) is 5.31. The Balaban J connectivity index is 1.55. The second-order valence-corrected chi connectivity index (χ2v) is 8.02. The maximum Gasteiger partial charge on any atom is 0.257 e. The molecule has 2 aromatic heterocycles. The molecule has 0 saturated heterocycles. The molecule has 2 aromatic carbocycles. The van der Waals surface area contributed by atoms with Crippen molar-refractivity contribution in [3.05, 3.63) is 64.3 Å². The lowest BCUT2D eigenvalue weighted by atomic mass is 10.0. The van der Waals surface area contributed by atoms with Crippen molar-refractivity contribution in [1.29, 1.82) is 0 Å². The summed E-state index contributed by atoms with van der Waals surface area (Å²) in [7, 11) is 1.67. The van der Waals surface area contributed by atoms with Crippen LogP contribution in [0.4, 0.5) is 5.13 Å². The van der Waals surface area contributed by atoms with Crippen LogP contribution in [-0.4, -0.2) is 38.2 Å². The summed E-state index contributed by atoms with van der Waals surface area (Å²) in [5.74, 6) is 0.629. The molecule has 0 aliphatic rings. The van der Waals surface area contributed by atoms with Crippen LogP contribution in [0.5, 0.6) is 5.75 Å². The first-order chi connectivity index (χ1) is 14.5. The highest BCUT2D eigenvalue weighted by Gasteiger charge is 2.16. The molecule has 1 amide bonds. The second-order valence-electron chi connectivity index (χ2n) is 6.82. The Morgan fingerprint density at radius 1 is 1.10 bits per heavy atom. The summed E-state index contributed by atoms with van der Waals surface area (Å²) < 4.78 is 6.92. The molecule has 2 heterocycles. The number of nitrogens with one attached hydrogen (secondary N) is 1. The first-order valence-electron chi connectivity index (χ1n) is 9.24. The van der Waals surface area contributed by atoms with Crippen LogP contribution in [0.15, 0.2) is 42.7 Å². The Hall–Kier alpha value is -3.59. The van der Waals surface area contributed by atoms with Crippen molar-refractivity contribution in [3.8, 4) is 22.7 Å². The largest absolute Gasteiger partial charge is 0.496 e. The van der Waals surface area contributed by atoms with Crippen molar-refractivity contribution in [2.45, 2.75) is 20.8 Å². The van der Waals surface area contributed by atoms with Crippen LogP contribution in [0, 0.1) is 20.8 Å². The number of methoxy groups -OCH3 is 1. The number of carbonyl (C=O) groups is 1. The fourth-order valence-corrected chi connectivity index (χ4v) is 4.00. The van der Waals surface area contributed by atoms with Crippen LogP contribution in [0.2, 0.25) is 0 Å². The molecule has 0 aliphatic carbocycles. The number of carbonyl (C=O) groups excluding carboxylic acids is 1. The SMILES string of the molecule is COc1cc(C)c(-c2nc(NC(=O)c3ccc(-n4cnnn4)cc3)sc2C)cc1C. The highest BCUT2D eigenvalue weighted by molar-refractivity contribution is 7.16. The minimum atomic E-state index is -0.221. The standard InChI is InChI=1S/C21H20N6O2S/c1-12-10-18(29-4)13(2)9-17(12)19-14(3)30-21(23-19)24-20(28)15-5-7-16(8-6-15)27-11-22-25-26-27/h5-11H,1-4H3,(H,23,24,28). The molecule has 9 heteroatoms. The van der Waals surface area contributed by atoms with Gasteiger partial charge in [0.2, 0.25) is 0 Å². The summed E-state index contributed by atoms with van der Waals surface area (Å²) in [4.78, 5) is 18.4. The van der Waals surface area contributed by atoms with Gasteiger partial charge in [-0.25, -0.2) is 9.67 Å². The zero-order valence-corrected chi connectivity index (χ0v) is 17.8. The summed E-state index contributed by atoms with van der Waals surface area (Å²) in [5, 5.41) is 14.5. The summed E-state index contributed by atoms with van der Waals surface area (Å²) in [6.07, 6.45) is 1.50. The number of tetrazole rings is 1. The van der Waals surface area contributed by atoms with Crippen LogP contribution < -0.4 is 10.1 Å². The van der Waals surface area contributed by atoms with E-state index in [0.29, 0.717) is 10.7 Å². The first kappa shape index (κ1) is 19.7. The average Bonchev–Trinajstić information content (AvgIpc) is 3.39. The Bertz CT molecular complexity index is 1200. The first-order valence-corrected chi connectivity index (χ1v) is 10.1. The van der Waals surface area contributed by atoms with E-state index < -0.39 is 0 Å². The van der Waals surface area contributed by atoms with Crippen LogP contribution in [0.3, 0.4) is 0 Å². The molecule has 0 bridgehead atoms. The van der Waals surface area contributed by atoms with E-state index >= 15 is 0 Å². The number of hydrogen-bond donors (Lipinski definition) is 1. The van der Waals surface area contributed by atoms with E-state index in [9.17, 15) is 4.79 Å². The van der Waals surface area contributed by atoms with Gasteiger partial charge in [0.05, 0.1) is 18.5 Å². The Labute approximate surface area is 177 Å². The van der Waals surface area contributed by atoms with Gasteiger partial charge >= 0.3 is 0 Å². The van der Waals surface area contributed by atoms with Gasteiger partial charge in [0.15, 0.2) is 5.13 Å². The van der Waals surface area contributed by atoms with Gasteiger partial charge in [-0.05, 0) is 78.7 Å². The zero-order valence-electron chi connectivity index (χ0n) is 17.0. The lowest BCUT2D eigenvalue weighted by Gasteiger charge is -2.10. The van der Waals surface area contributed by atoms with E-state index in [2.05, 4.69) is 31.9 Å². The minimum absolute atomic E-state index is 0.221. The molecule has 0 saturated carbocycles. The molecular weight excluding hydrogens is 400 g/mol. The molecule has 0 atom stereocenters. The fraction of sp³-hybridized carbons (Fsp3) is 0.190. The monoisotopic (exact) mass is 420 g/mol. The van der Waals surface area contributed by atoms with Gasteiger partial charge in [0.1, 0.15) is 12.1 Å². The number of thiazole rings is 1. The predicted molar refractivity (Wildman–Crippen MR) is 115 cm³/mol. The van der Waals surface area contributed by atoms with E-state index in [1.54, 1.807) is 31.4 Å². The van der Waals surface area contributed by atoms with Gasteiger partial charge < -0.3 is 4.74 Å². The normalized spacial score (nSPS) is 10.8.